The lowest BCUT2D eigenvalue weighted by Gasteiger charge is -2.31. The fourth-order valence-electron chi connectivity index (χ4n) is 2.86. The van der Waals surface area contributed by atoms with Crippen molar-refractivity contribution in [3.8, 4) is 0 Å². The molecule has 1 aliphatic rings. The van der Waals surface area contributed by atoms with Crippen molar-refractivity contribution < 1.29 is 0 Å². The average Bonchev–Trinajstić information content (AvgIpc) is 2.37. The van der Waals surface area contributed by atoms with Crippen LogP contribution in [-0.4, -0.2) is 55.9 Å². The molecule has 0 aromatic heterocycles. The van der Waals surface area contributed by atoms with Crippen LogP contribution in [0.4, 0.5) is 0 Å². The third-order valence-corrected chi connectivity index (χ3v) is 4.73. The molecule has 0 aromatic carbocycles. The minimum atomic E-state index is -0.132. The Morgan fingerprint density at radius 1 is 1.30 bits per heavy atom. The number of rotatable bonds is 8. The first-order valence-electron chi connectivity index (χ1n) is 8.03. The molecule has 1 fully saturated rings. The molecular formula is C16H34N4. The van der Waals surface area contributed by atoms with Gasteiger partial charge in [-0.15, -0.1) is 0 Å². The Bertz CT molecular complexity index is 293. The molecule has 1 heterocycles. The van der Waals surface area contributed by atoms with Crippen LogP contribution in [0.2, 0.25) is 0 Å². The standard InChI is InChI=1S/C16H34N4/c1-16(2,15(17)18)9-5-6-10-20(4)13-14-7-11-19(3)12-8-14/h14H,5-13H2,1-4H3,(H3,17,18). The fourth-order valence-corrected chi connectivity index (χ4v) is 2.86. The molecule has 0 atom stereocenters. The minimum Gasteiger partial charge on any atom is -0.387 e. The molecule has 0 radical (unpaired) electrons. The highest BCUT2D eigenvalue weighted by atomic mass is 15.1. The van der Waals surface area contributed by atoms with Crippen molar-refractivity contribution in [3.63, 3.8) is 0 Å². The van der Waals surface area contributed by atoms with Crippen LogP contribution in [0.5, 0.6) is 0 Å². The van der Waals surface area contributed by atoms with Gasteiger partial charge in [0.15, 0.2) is 0 Å². The van der Waals surface area contributed by atoms with Crippen molar-refractivity contribution in [3.05, 3.63) is 0 Å². The van der Waals surface area contributed by atoms with Gasteiger partial charge >= 0.3 is 0 Å². The molecule has 20 heavy (non-hydrogen) atoms. The summed E-state index contributed by atoms with van der Waals surface area (Å²) in [5.74, 6) is 1.20. The molecule has 0 bridgehead atoms. The van der Waals surface area contributed by atoms with Crippen molar-refractivity contribution in [1.82, 2.24) is 9.80 Å². The van der Waals surface area contributed by atoms with Gasteiger partial charge in [0.1, 0.15) is 0 Å². The van der Waals surface area contributed by atoms with Crippen LogP contribution < -0.4 is 5.73 Å². The fraction of sp³-hybridized carbons (Fsp3) is 0.938. The highest BCUT2D eigenvalue weighted by Crippen LogP contribution is 2.23. The Hall–Kier alpha value is -0.610. The molecule has 1 rings (SSSR count). The van der Waals surface area contributed by atoms with E-state index in [0.717, 1.165) is 18.8 Å². The minimum absolute atomic E-state index is 0.132. The summed E-state index contributed by atoms with van der Waals surface area (Å²) in [5, 5.41) is 7.57. The first kappa shape index (κ1) is 17.4. The van der Waals surface area contributed by atoms with E-state index in [1.54, 1.807) is 0 Å². The van der Waals surface area contributed by atoms with Crippen LogP contribution in [0.1, 0.15) is 46.0 Å². The lowest BCUT2D eigenvalue weighted by molar-refractivity contribution is 0.174. The lowest BCUT2D eigenvalue weighted by Crippen LogP contribution is -2.36. The van der Waals surface area contributed by atoms with E-state index in [1.165, 1.54) is 45.4 Å². The number of likely N-dealkylation sites (tertiary alicyclic amines) is 1. The maximum absolute atomic E-state index is 7.57. The van der Waals surface area contributed by atoms with Crippen molar-refractivity contribution >= 4 is 5.84 Å². The van der Waals surface area contributed by atoms with Gasteiger partial charge in [0.2, 0.25) is 0 Å². The zero-order chi connectivity index (χ0) is 15.2. The Balaban J connectivity index is 2.11. The third kappa shape index (κ3) is 6.23. The number of nitrogens with one attached hydrogen (secondary N) is 1. The van der Waals surface area contributed by atoms with Gasteiger partial charge < -0.3 is 15.5 Å². The Labute approximate surface area is 125 Å². The lowest BCUT2D eigenvalue weighted by atomic mass is 9.86. The summed E-state index contributed by atoms with van der Waals surface area (Å²) in [6, 6.07) is 0. The quantitative estimate of drug-likeness (QED) is 0.408. The van der Waals surface area contributed by atoms with E-state index in [9.17, 15) is 0 Å². The molecule has 1 aliphatic heterocycles. The van der Waals surface area contributed by atoms with Crippen LogP contribution in [0.15, 0.2) is 0 Å². The third-order valence-electron chi connectivity index (χ3n) is 4.73. The molecule has 0 unspecified atom stereocenters. The van der Waals surface area contributed by atoms with Gasteiger partial charge in [0.25, 0.3) is 0 Å². The summed E-state index contributed by atoms with van der Waals surface area (Å²) in [4.78, 5) is 4.91. The van der Waals surface area contributed by atoms with E-state index in [1.807, 2.05) is 0 Å². The molecule has 4 heteroatoms. The predicted molar refractivity (Wildman–Crippen MR) is 87.3 cm³/mol. The Morgan fingerprint density at radius 2 is 1.90 bits per heavy atom. The summed E-state index contributed by atoms with van der Waals surface area (Å²) < 4.78 is 0. The molecule has 0 aromatic rings. The SMILES string of the molecule is CN1CCC(CN(C)CCCCC(C)(C)C(=N)N)CC1. The molecule has 1 saturated heterocycles. The van der Waals surface area contributed by atoms with E-state index in [2.05, 4.69) is 37.7 Å². The highest BCUT2D eigenvalue weighted by molar-refractivity contribution is 5.82. The molecule has 0 aliphatic carbocycles. The molecule has 118 valence electrons. The van der Waals surface area contributed by atoms with E-state index in [0.29, 0.717) is 5.84 Å². The predicted octanol–water partition coefficient (Wildman–Crippen LogP) is 2.39. The van der Waals surface area contributed by atoms with Crippen molar-refractivity contribution in [2.45, 2.75) is 46.0 Å². The van der Waals surface area contributed by atoms with Crippen molar-refractivity contribution in [2.24, 2.45) is 17.1 Å². The van der Waals surface area contributed by atoms with E-state index < -0.39 is 0 Å². The first-order chi connectivity index (χ1) is 9.31. The van der Waals surface area contributed by atoms with Gasteiger partial charge in [0, 0.05) is 12.0 Å². The van der Waals surface area contributed by atoms with Crippen molar-refractivity contribution in [1.29, 1.82) is 5.41 Å². The summed E-state index contributed by atoms with van der Waals surface area (Å²) in [5.41, 5.74) is 5.48. The second kappa shape index (κ2) is 7.99. The number of hydrogen-bond donors (Lipinski definition) is 2. The smallest absolute Gasteiger partial charge is 0.0963 e. The average molecular weight is 282 g/mol. The van der Waals surface area contributed by atoms with Crippen LogP contribution in [-0.2, 0) is 0 Å². The maximum atomic E-state index is 7.57. The van der Waals surface area contributed by atoms with Gasteiger partial charge in [-0.1, -0.05) is 20.3 Å². The molecule has 0 spiro atoms. The van der Waals surface area contributed by atoms with Gasteiger partial charge in [-0.25, -0.2) is 0 Å². The normalized spacial score (nSPS) is 18.6. The number of nitrogens with two attached hydrogens (primary N) is 1. The highest BCUT2D eigenvalue weighted by Gasteiger charge is 2.21. The number of hydrogen-bond acceptors (Lipinski definition) is 3. The zero-order valence-corrected chi connectivity index (χ0v) is 13.9. The van der Waals surface area contributed by atoms with Crippen LogP contribution in [0, 0.1) is 16.7 Å². The second-order valence-corrected chi connectivity index (χ2v) is 7.26. The Kier molecular flexibility index (Phi) is 6.96. The molecule has 3 N–H and O–H groups in total. The Morgan fingerprint density at radius 3 is 2.45 bits per heavy atom. The largest absolute Gasteiger partial charge is 0.387 e. The number of piperidine rings is 1. The summed E-state index contributed by atoms with van der Waals surface area (Å²) in [6.45, 7) is 9.05. The molecule has 0 saturated carbocycles. The van der Waals surface area contributed by atoms with Crippen LogP contribution in [0.25, 0.3) is 0 Å². The monoisotopic (exact) mass is 282 g/mol. The number of unbranched alkanes of at least 4 members (excludes halogenated alkanes) is 1. The van der Waals surface area contributed by atoms with E-state index in [-0.39, 0.29) is 5.41 Å². The molecule has 4 nitrogen and oxygen atoms in total. The van der Waals surface area contributed by atoms with Crippen LogP contribution >= 0.6 is 0 Å². The van der Waals surface area contributed by atoms with E-state index in [4.69, 9.17) is 11.1 Å². The summed E-state index contributed by atoms with van der Waals surface area (Å²) in [7, 11) is 4.46. The molecule has 0 amide bonds. The molecular weight excluding hydrogens is 248 g/mol. The second-order valence-electron chi connectivity index (χ2n) is 7.26. The van der Waals surface area contributed by atoms with E-state index >= 15 is 0 Å². The number of amidine groups is 1. The number of nitrogens with zero attached hydrogens (tertiary/aromatic N) is 2. The summed E-state index contributed by atoms with van der Waals surface area (Å²) in [6.07, 6.45) is 6.07. The van der Waals surface area contributed by atoms with Crippen LogP contribution in [0.3, 0.4) is 0 Å². The topological polar surface area (TPSA) is 56.4 Å². The zero-order valence-electron chi connectivity index (χ0n) is 13.9. The maximum Gasteiger partial charge on any atom is 0.0963 e. The van der Waals surface area contributed by atoms with Gasteiger partial charge in [-0.3, -0.25) is 5.41 Å². The van der Waals surface area contributed by atoms with Gasteiger partial charge in [-0.05, 0) is 65.3 Å². The van der Waals surface area contributed by atoms with Gasteiger partial charge in [-0.2, -0.15) is 0 Å². The first-order valence-corrected chi connectivity index (χ1v) is 8.03. The van der Waals surface area contributed by atoms with Gasteiger partial charge in [0.05, 0.1) is 5.84 Å². The van der Waals surface area contributed by atoms with Crippen molar-refractivity contribution in [2.75, 3.05) is 40.3 Å². The summed E-state index contributed by atoms with van der Waals surface area (Å²) >= 11 is 0.